The third kappa shape index (κ3) is 2.99. The molecule has 11 heteroatoms. The minimum absolute atomic E-state index is 0.818. The fourth-order valence-electron chi connectivity index (χ4n) is 0.668. The van der Waals surface area contributed by atoms with Gasteiger partial charge in [0.1, 0.15) is 0 Å². The molecule has 1 atom stereocenters. The summed E-state index contributed by atoms with van der Waals surface area (Å²) in [5.74, 6) is -1.18. The van der Waals surface area contributed by atoms with Crippen LogP contribution in [0.3, 0.4) is 0 Å². The van der Waals surface area contributed by atoms with Crippen LogP contribution in [-0.2, 0) is 27.5 Å². The summed E-state index contributed by atoms with van der Waals surface area (Å²) in [6, 6.07) is 0. The number of carbonyl (C=O) groups is 1. The molecule has 96 valence electrons. The van der Waals surface area contributed by atoms with Gasteiger partial charge in [-0.2, -0.15) is 0 Å². The molecule has 0 aliphatic heterocycles. The van der Waals surface area contributed by atoms with E-state index in [1.807, 2.05) is 0 Å². The minimum atomic E-state index is -5.19. The molecule has 7 nitrogen and oxygen atoms in total. The molecule has 0 aromatic carbocycles. The summed E-state index contributed by atoms with van der Waals surface area (Å²) in [6.07, 6.45) is 0. The first-order chi connectivity index (χ1) is 7.04. The van der Waals surface area contributed by atoms with E-state index in [0.717, 1.165) is 21.1 Å². The van der Waals surface area contributed by atoms with Crippen LogP contribution in [0.4, 0.5) is 0 Å². The molecule has 0 saturated carbocycles. The van der Waals surface area contributed by atoms with Crippen molar-refractivity contribution in [2.24, 2.45) is 0 Å². The Hall–Kier alpha value is 0.390. The lowest BCUT2D eigenvalue weighted by molar-refractivity contribution is -0.200. The zero-order valence-corrected chi connectivity index (χ0v) is 11.8. The van der Waals surface area contributed by atoms with Gasteiger partial charge in [0.25, 0.3) is 3.82 Å². The molecule has 0 fully saturated rings. The first-order valence-corrected chi connectivity index (χ1v) is 7.49. The van der Waals surface area contributed by atoms with Crippen LogP contribution in [0.5, 0.6) is 0 Å². The maximum Gasteiger partial charge on any atom is 0.375 e. The van der Waals surface area contributed by atoms with E-state index in [-0.39, 0.29) is 0 Å². The van der Waals surface area contributed by atoms with Crippen molar-refractivity contribution in [3.8, 4) is 0 Å². The molecule has 0 saturated heterocycles. The van der Waals surface area contributed by atoms with Crippen molar-refractivity contribution in [1.82, 2.24) is 0 Å². The molecule has 0 aliphatic carbocycles. The van der Waals surface area contributed by atoms with Crippen LogP contribution < -0.4 is 4.89 Å². The third-order valence-electron chi connectivity index (χ3n) is 1.39. The van der Waals surface area contributed by atoms with Gasteiger partial charge >= 0.3 is 13.6 Å². The molecule has 0 aromatic rings. The van der Waals surface area contributed by atoms with Crippen LogP contribution in [0.2, 0.25) is 0 Å². The summed E-state index contributed by atoms with van der Waals surface area (Å²) in [5, 5.41) is 0. The number of hydrogen-bond donors (Lipinski definition) is 0. The van der Waals surface area contributed by atoms with Gasteiger partial charge in [0.2, 0.25) is 7.60 Å². The smallest absolute Gasteiger partial charge is 0.375 e. The second kappa shape index (κ2) is 5.36. The van der Waals surface area contributed by atoms with Crippen LogP contribution >= 0.6 is 38.4 Å². The van der Waals surface area contributed by atoms with E-state index in [2.05, 4.69) is 13.6 Å². The predicted molar refractivity (Wildman–Crippen MR) is 55.4 cm³/mol. The highest BCUT2D eigenvalue weighted by molar-refractivity contribution is 7.79. The van der Waals surface area contributed by atoms with Gasteiger partial charge in [-0.05, 0) is 0 Å². The van der Waals surface area contributed by atoms with Gasteiger partial charge in [0, 0.05) is 21.1 Å². The molecule has 16 heavy (non-hydrogen) atoms. The molecule has 0 aromatic heterocycles. The second-order valence-corrected chi connectivity index (χ2v) is 9.43. The van der Waals surface area contributed by atoms with Crippen LogP contribution in [0.25, 0.3) is 0 Å². The second-order valence-electron chi connectivity index (χ2n) is 2.45. The molecular formula is C5H9Cl2O7P2-. The molecule has 0 bridgehead atoms. The summed E-state index contributed by atoms with van der Waals surface area (Å²) in [6.45, 7) is 0.818. The Bertz CT molecular complexity index is 360. The Kier molecular flexibility index (Phi) is 5.49. The van der Waals surface area contributed by atoms with E-state index in [4.69, 9.17) is 23.2 Å². The number of halogens is 2. The van der Waals surface area contributed by atoms with E-state index in [9.17, 15) is 18.8 Å². The summed E-state index contributed by atoms with van der Waals surface area (Å²) in [4.78, 5) is 21.9. The van der Waals surface area contributed by atoms with Gasteiger partial charge in [-0.3, -0.25) is 13.9 Å². The van der Waals surface area contributed by atoms with Crippen molar-refractivity contribution in [2.75, 3.05) is 14.2 Å². The summed E-state index contributed by atoms with van der Waals surface area (Å²) in [7, 11) is -7.80. The maximum absolute atomic E-state index is 11.7. The Morgan fingerprint density at radius 1 is 1.25 bits per heavy atom. The molecule has 0 heterocycles. The van der Waals surface area contributed by atoms with Gasteiger partial charge in [-0.15, -0.1) is 0 Å². The van der Waals surface area contributed by atoms with Gasteiger partial charge in [-0.25, -0.2) is 0 Å². The van der Waals surface area contributed by atoms with E-state index in [0.29, 0.717) is 0 Å². The summed E-state index contributed by atoms with van der Waals surface area (Å²) < 4.78 is 32.7. The predicted octanol–water partition coefficient (Wildman–Crippen LogP) is 1.68. The van der Waals surface area contributed by atoms with Gasteiger partial charge in [0.15, 0.2) is 0 Å². The monoisotopic (exact) mass is 313 g/mol. The molecule has 1 unspecified atom stereocenters. The van der Waals surface area contributed by atoms with Gasteiger partial charge < -0.3 is 18.5 Å². The van der Waals surface area contributed by atoms with Crippen LogP contribution in [0.15, 0.2) is 0 Å². The number of alkyl halides is 2. The molecule has 0 amide bonds. The highest BCUT2D eigenvalue weighted by atomic mass is 35.5. The average Bonchev–Trinajstić information content (AvgIpc) is 2.14. The van der Waals surface area contributed by atoms with Crippen LogP contribution in [0, 0.1) is 0 Å². The number of hydrogen-bond acceptors (Lipinski definition) is 7. The van der Waals surface area contributed by atoms with E-state index in [1.54, 1.807) is 0 Å². The first-order valence-electron chi connectivity index (χ1n) is 3.65. The van der Waals surface area contributed by atoms with Crippen LogP contribution in [-0.4, -0.2) is 24.0 Å². The summed E-state index contributed by atoms with van der Waals surface area (Å²) in [5.41, 5.74) is 0. The maximum atomic E-state index is 11.7. The van der Waals surface area contributed by atoms with E-state index in [1.165, 1.54) is 0 Å². The average molecular weight is 314 g/mol. The van der Waals surface area contributed by atoms with E-state index < -0.39 is 25.0 Å². The normalized spacial score (nSPS) is 16.6. The van der Waals surface area contributed by atoms with Crippen molar-refractivity contribution in [1.29, 1.82) is 0 Å². The highest BCUT2D eigenvalue weighted by Crippen LogP contribution is 2.77. The lowest BCUT2D eigenvalue weighted by Crippen LogP contribution is -2.26. The first kappa shape index (κ1) is 16.4. The van der Waals surface area contributed by atoms with Crippen molar-refractivity contribution in [3.63, 3.8) is 0 Å². The lowest BCUT2D eigenvalue weighted by Gasteiger charge is -2.35. The zero-order chi connectivity index (χ0) is 13.2. The SMILES string of the molecule is COP(=O)(OC)C(Cl)(Cl)P(=O)([O-])OC(C)=O. The number of carbonyl (C=O) groups excluding carboxylic acids is 1. The third-order valence-corrected chi connectivity index (χ3v) is 8.12. The largest absolute Gasteiger partial charge is 0.766 e. The molecule has 0 N–H and O–H groups in total. The molecular weight excluding hydrogens is 305 g/mol. The Morgan fingerprint density at radius 2 is 1.62 bits per heavy atom. The van der Waals surface area contributed by atoms with Crippen LogP contribution in [0.1, 0.15) is 6.92 Å². The Balaban J connectivity index is 5.42. The fourth-order valence-corrected chi connectivity index (χ4v) is 4.55. The standard InChI is InChI=1S/C5H10Cl2O7P2/c1-4(8)14-15(9,10)5(6,7)16(11,12-2)13-3/h1-3H3,(H,9,10)/p-1. The highest BCUT2D eigenvalue weighted by Gasteiger charge is 2.57. The van der Waals surface area contributed by atoms with Crippen molar-refractivity contribution in [2.45, 2.75) is 10.7 Å². The zero-order valence-electron chi connectivity index (χ0n) is 8.51. The Labute approximate surface area is 102 Å². The topological polar surface area (TPSA) is 102 Å². The molecule has 0 spiro atoms. The van der Waals surface area contributed by atoms with Gasteiger partial charge in [-0.1, -0.05) is 23.2 Å². The fraction of sp³-hybridized carbons (Fsp3) is 0.800. The molecule has 0 radical (unpaired) electrons. The van der Waals surface area contributed by atoms with Crippen molar-refractivity contribution in [3.05, 3.63) is 0 Å². The Morgan fingerprint density at radius 3 is 1.88 bits per heavy atom. The minimum Gasteiger partial charge on any atom is -0.766 e. The quantitative estimate of drug-likeness (QED) is 0.562. The van der Waals surface area contributed by atoms with Crippen molar-refractivity contribution < 1.29 is 32.4 Å². The van der Waals surface area contributed by atoms with Gasteiger partial charge in [0.05, 0.1) is 0 Å². The molecule has 0 aliphatic rings. The summed E-state index contributed by atoms with van der Waals surface area (Å²) >= 11 is 10.8. The number of rotatable bonds is 5. The molecule has 0 rings (SSSR count). The lowest BCUT2D eigenvalue weighted by atomic mass is 10.9. The van der Waals surface area contributed by atoms with E-state index >= 15 is 0 Å². The van der Waals surface area contributed by atoms with Crippen molar-refractivity contribution >= 4 is 44.4 Å².